The average molecular weight is 428 g/mol. The quantitative estimate of drug-likeness (QED) is 0.557. The molecule has 0 saturated carbocycles. The molecule has 1 heterocycles. The number of carbonyl (C=O) groups excluding carboxylic acids is 1. The number of nitrogens with zero attached hydrogens (tertiary/aromatic N) is 2. The Labute approximate surface area is 189 Å². The SMILES string of the molecule is COc1cccc(/C=C/C(=O)Nc2ccc(N3CCN(Cc4ccccc4)CC3)cc2)c1. The molecule has 1 N–H and O–H groups in total. The standard InChI is InChI=1S/C27H29N3O2/c1-32-26-9-5-8-22(20-26)10-15-27(31)28-24-11-13-25(14-12-24)30-18-16-29(17-19-30)21-23-6-3-2-4-7-23/h2-15,20H,16-19,21H2,1H3,(H,28,31)/b15-10+. The van der Waals surface area contributed by atoms with E-state index in [0.717, 1.165) is 49.7 Å². The van der Waals surface area contributed by atoms with Crippen molar-refractivity contribution in [3.8, 4) is 5.75 Å². The Morgan fingerprint density at radius 1 is 0.938 bits per heavy atom. The molecule has 0 spiro atoms. The number of benzene rings is 3. The maximum Gasteiger partial charge on any atom is 0.248 e. The van der Waals surface area contributed by atoms with E-state index in [1.54, 1.807) is 13.2 Å². The third kappa shape index (κ3) is 5.99. The Hall–Kier alpha value is -3.57. The first kappa shape index (κ1) is 21.7. The summed E-state index contributed by atoms with van der Waals surface area (Å²) in [4.78, 5) is 17.2. The molecule has 4 rings (SSSR count). The van der Waals surface area contributed by atoms with E-state index in [2.05, 4.69) is 57.6 Å². The topological polar surface area (TPSA) is 44.8 Å². The number of nitrogens with one attached hydrogen (secondary N) is 1. The van der Waals surface area contributed by atoms with Crippen LogP contribution >= 0.6 is 0 Å². The molecule has 0 atom stereocenters. The van der Waals surface area contributed by atoms with Crippen LogP contribution in [0.1, 0.15) is 11.1 Å². The third-order valence-corrected chi connectivity index (χ3v) is 5.64. The minimum absolute atomic E-state index is 0.157. The van der Waals surface area contributed by atoms with Crippen molar-refractivity contribution in [2.75, 3.05) is 43.5 Å². The fourth-order valence-corrected chi connectivity index (χ4v) is 3.86. The zero-order valence-corrected chi connectivity index (χ0v) is 18.4. The summed E-state index contributed by atoms with van der Waals surface area (Å²) in [5.74, 6) is 0.610. The second kappa shape index (κ2) is 10.6. The van der Waals surface area contributed by atoms with E-state index >= 15 is 0 Å². The van der Waals surface area contributed by atoms with Crippen molar-refractivity contribution in [2.45, 2.75) is 6.54 Å². The van der Waals surface area contributed by atoms with Gasteiger partial charge in [-0.15, -0.1) is 0 Å². The van der Waals surface area contributed by atoms with Gasteiger partial charge in [0.15, 0.2) is 0 Å². The molecule has 5 nitrogen and oxygen atoms in total. The Morgan fingerprint density at radius 2 is 1.69 bits per heavy atom. The maximum atomic E-state index is 12.3. The summed E-state index contributed by atoms with van der Waals surface area (Å²) in [6, 6.07) is 26.3. The predicted octanol–water partition coefficient (Wildman–Crippen LogP) is 4.67. The minimum atomic E-state index is -0.157. The molecule has 0 aromatic heterocycles. The number of carbonyl (C=O) groups is 1. The summed E-state index contributed by atoms with van der Waals surface area (Å²) in [6.45, 7) is 5.09. The Bertz CT molecular complexity index is 1040. The zero-order chi connectivity index (χ0) is 22.2. The number of ether oxygens (including phenoxy) is 1. The smallest absolute Gasteiger partial charge is 0.248 e. The number of amides is 1. The first-order chi connectivity index (χ1) is 15.7. The van der Waals surface area contributed by atoms with E-state index in [9.17, 15) is 4.79 Å². The van der Waals surface area contributed by atoms with Gasteiger partial charge in [-0.05, 0) is 53.6 Å². The number of hydrogen-bond donors (Lipinski definition) is 1. The molecule has 1 saturated heterocycles. The van der Waals surface area contributed by atoms with Gasteiger partial charge in [0.1, 0.15) is 5.75 Å². The van der Waals surface area contributed by atoms with Gasteiger partial charge in [0.05, 0.1) is 7.11 Å². The summed E-state index contributed by atoms with van der Waals surface area (Å²) < 4.78 is 5.21. The summed E-state index contributed by atoms with van der Waals surface area (Å²) in [7, 11) is 1.63. The van der Waals surface area contributed by atoms with Crippen LogP contribution in [0.3, 0.4) is 0 Å². The average Bonchev–Trinajstić information content (AvgIpc) is 2.84. The molecule has 0 bridgehead atoms. The zero-order valence-electron chi connectivity index (χ0n) is 18.4. The van der Waals surface area contributed by atoms with Gasteiger partial charge >= 0.3 is 0 Å². The Kier molecular flexibility index (Phi) is 7.20. The number of piperazine rings is 1. The first-order valence-electron chi connectivity index (χ1n) is 10.9. The maximum absolute atomic E-state index is 12.3. The van der Waals surface area contributed by atoms with Crippen molar-refractivity contribution in [1.82, 2.24) is 4.90 Å². The largest absolute Gasteiger partial charge is 0.497 e. The lowest BCUT2D eigenvalue weighted by molar-refractivity contribution is -0.111. The fourth-order valence-electron chi connectivity index (χ4n) is 3.86. The van der Waals surface area contributed by atoms with Crippen molar-refractivity contribution >= 4 is 23.4 Å². The van der Waals surface area contributed by atoms with Crippen LogP contribution in [-0.4, -0.2) is 44.1 Å². The van der Waals surface area contributed by atoms with Crippen molar-refractivity contribution in [2.24, 2.45) is 0 Å². The highest BCUT2D eigenvalue weighted by molar-refractivity contribution is 6.02. The molecular weight excluding hydrogens is 398 g/mol. The number of anilines is 2. The lowest BCUT2D eigenvalue weighted by Gasteiger charge is -2.36. The third-order valence-electron chi connectivity index (χ3n) is 5.64. The van der Waals surface area contributed by atoms with Crippen molar-refractivity contribution in [3.63, 3.8) is 0 Å². The second-order valence-corrected chi connectivity index (χ2v) is 7.89. The van der Waals surface area contributed by atoms with Gasteiger partial charge in [-0.3, -0.25) is 9.69 Å². The van der Waals surface area contributed by atoms with Crippen molar-refractivity contribution in [3.05, 3.63) is 96.1 Å². The molecule has 0 radical (unpaired) electrons. The van der Waals surface area contributed by atoms with Gasteiger partial charge in [0.2, 0.25) is 5.91 Å². The molecule has 1 fully saturated rings. The highest BCUT2D eigenvalue weighted by atomic mass is 16.5. The summed E-state index contributed by atoms with van der Waals surface area (Å²) in [5.41, 5.74) is 4.26. The molecule has 3 aromatic carbocycles. The molecule has 32 heavy (non-hydrogen) atoms. The molecule has 5 heteroatoms. The van der Waals surface area contributed by atoms with E-state index < -0.39 is 0 Å². The second-order valence-electron chi connectivity index (χ2n) is 7.89. The minimum Gasteiger partial charge on any atom is -0.497 e. The summed E-state index contributed by atoms with van der Waals surface area (Å²) in [5, 5.41) is 2.92. The highest BCUT2D eigenvalue weighted by Gasteiger charge is 2.17. The number of rotatable bonds is 7. The molecule has 0 aliphatic carbocycles. The van der Waals surface area contributed by atoms with E-state index in [1.165, 1.54) is 17.3 Å². The van der Waals surface area contributed by atoms with Crippen LogP contribution in [0.2, 0.25) is 0 Å². The van der Waals surface area contributed by atoms with Crippen LogP contribution in [0.25, 0.3) is 6.08 Å². The highest BCUT2D eigenvalue weighted by Crippen LogP contribution is 2.20. The molecule has 3 aromatic rings. The number of hydrogen-bond acceptors (Lipinski definition) is 4. The number of methoxy groups -OCH3 is 1. The van der Waals surface area contributed by atoms with E-state index in [4.69, 9.17) is 4.74 Å². The van der Waals surface area contributed by atoms with Crippen LogP contribution < -0.4 is 15.0 Å². The van der Waals surface area contributed by atoms with Crippen LogP contribution in [0, 0.1) is 0 Å². The summed E-state index contributed by atoms with van der Waals surface area (Å²) in [6.07, 6.45) is 3.32. The van der Waals surface area contributed by atoms with Crippen LogP contribution in [0.15, 0.2) is 84.9 Å². The van der Waals surface area contributed by atoms with Gasteiger partial charge in [-0.25, -0.2) is 0 Å². The van der Waals surface area contributed by atoms with E-state index in [0.29, 0.717) is 0 Å². The van der Waals surface area contributed by atoms with Gasteiger partial charge in [0, 0.05) is 50.2 Å². The molecular formula is C27H29N3O2. The summed E-state index contributed by atoms with van der Waals surface area (Å²) >= 11 is 0. The first-order valence-corrected chi connectivity index (χ1v) is 10.9. The van der Waals surface area contributed by atoms with Crippen molar-refractivity contribution < 1.29 is 9.53 Å². The molecule has 1 amide bonds. The predicted molar refractivity (Wildman–Crippen MR) is 131 cm³/mol. The van der Waals surface area contributed by atoms with Crippen molar-refractivity contribution in [1.29, 1.82) is 0 Å². The lowest BCUT2D eigenvalue weighted by Crippen LogP contribution is -2.45. The fraction of sp³-hybridized carbons (Fsp3) is 0.222. The van der Waals surface area contributed by atoms with Crippen LogP contribution in [0.5, 0.6) is 5.75 Å². The van der Waals surface area contributed by atoms with Gasteiger partial charge < -0.3 is 15.0 Å². The Balaban J connectivity index is 1.27. The van der Waals surface area contributed by atoms with E-state index in [-0.39, 0.29) is 5.91 Å². The molecule has 1 aliphatic rings. The molecule has 1 aliphatic heterocycles. The van der Waals surface area contributed by atoms with Gasteiger partial charge in [-0.2, -0.15) is 0 Å². The van der Waals surface area contributed by atoms with Crippen LogP contribution in [0.4, 0.5) is 11.4 Å². The van der Waals surface area contributed by atoms with Gasteiger partial charge in [0.25, 0.3) is 0 Å². The normalized spacial score (nSPS) is 14.5. The lowest BCUT2D eigenvalue weighted by atomic mass is 10.2. The van der Waals surface area contributed by atoms with E-state index in [1.807, 2.05) is 36.4 Å². The molecule has 0 unspecified atom stereocenters. The molecule has 164 valence electrons. The Morgan fingerprint density at radius 3 is 2.41 bits per heavy atom. The van der Waals surface area contributed by atoms with Gasteiger partial charge in [-0.1, -0.05) is 42.5 Å². The monoisotopic (exact) mass is 427 g/mol. The van der Waals surface area contributed by atoms with Crippen LogP contribution in [-0.2, 0) is 11.3 Å².